The van der Waals surface area contributed by atoms with Crippen LogP contribution >= 0.6 is 0 Å². The maximum atomic E-state index is 9.63. The molecule has 5 rings (SSSR count). The second-order valence-electron chi connectivity index (χ2n) is 9.94. The highest BCUT2D eigenvalue weighted by molar-refractivity contribution is 7.95. The fraction of sp³-hybridized carbons (Fsp3) is 0.600. The number of fused-ring (bicyclic) bond motifs is 1. The van der Waals surface area contributed by atoms with E-state index in [1.807, 2.05) is 33.9 Å². The Labute approximate surface area is 214 Å². The normalized spacial score (nSPS) is 22.1. The van der Waals surface area contributed by atoms with E-state index >= 15 is 0 Å². The molecule has 0 spiro atoms. The Hall–Kier alpha value is -2.49. The maximum absolute atomic E-state index is 9.63. The average molecular weight is 512 g/mol. The van der Waals surface area contributed by atoms with Gasteiger partial charge < -0.3 is 19.4 Å². The molecule has 2 fully saturated rings. The van der Waals surface area contributed by atoms with E-state index in [0.717, 1.165) is 67.3 Å². The van der Waals surface area contributed by atoms with Crippen molar-refractivity contribution in [1.82, 2.24) is 34.5 Å². The van der Waals surface area contributed by atoms with Gasteiger partial charge in [-0.15, -0.1) is 0 Å². The molecule has 0 bridgehead atoms. The van der Waals surface area contributed by atoms with Crippen LogP contribution in [-0.4, -0.2) is 99.5 Å². The van der Waals surface area contributed by atoms with E-state index in [1.54, 1.807) is 13.4 Å². The zero-order valence-corrected chi connectivity index (χ0v) is 22.1. The molecule has 36 heavy (non-hydrogen) atoms. The highest BCUT2D eigenvalue weighted by Gasteiger charge is 2.49. The molecule has 2 atom stereocenters. The van der Waals surface area contributed by atoms with Gasteiger partial charge in [-0.3, -0.25) is 9.58 Å². The summed E-state index contributed by atoms with van der Waals surface area (Å²) in [5.41, 5.74) is 2.28. The summed E-state index contributed by atoms with van der Waals surface area (Å²) in [6.07, 6.45) is 13.5. The number of hydrogen-bond acceptors (Lipinski definition) is 8. The molecular formula is C25H35N8O2S+. The van der Waals surface area contributed by atoms with Crippen LogP contribution in [-0.2, 0) is 32.6 Å². The topological polar surface area (TPSA) is 106 Å². The molecule has 0 aliphatic carbocycles. The standard InChI is InChI=1S/C25H35N8O2S/c1-34-22-13-27-8-4-21(22)32-15-25(16-32,6-7-26)33-14-19(12-30-33)23-20-5-9-31(24(20)29-17-28-23)18-35-10-11-36(2)3/h5,9,12,14,17,21-22,27H,4,6,8,10-11,13,15-16,18H2,1-3H3/q+1/t21-,22+/m1/s1. The van der Waals surface area contributed by atoms with Crippen LogP contribution < -0.4 is 5.32 Å². The van der Waals surface area contributed by atoms with E-state index in [9.17, 15) is 5.26 Å². The predicted molar refractivity (Wildman–Crippen MR) is 141 cm³/mol. The van der Waals surface area contributed by atoms with E-state index in [1.165, 1.54) is 0 Å². The molecule has 192 valence electrons. The van der Waals surface area contributed by atoms with E-state index < -0.39 is 0 Å². The molecule has 5 heterocycles. The van der Waals surface area contributed by atoms with Crippen LogP contribution in [0.2, 0.25) is 0 Å². The number of likely N-dealkylation sites (tertiary alicyclic amines) is 1. The van der Waals surface area contributed by atoms with Crippen LogP contribution in [0.4, 0.5) is 0 Å². The Bertz CT molecular complexity index is 1210. The van der Waals surface area contributed by atoms with Crippen molar-refractivity contribution in [2.45, 2.75) is 37.3 Å². The Kier molecular flexibility index (Phi) is 7.60. The zero-order valence-electron chi connectivity index (χ0n) is 21.3. The summed E-state index contributed by atoms with van der Waals surface area (Å²) in [4.78, 5) is 11.5. The van der Waals surface area contributed by atoms with Gasteiger partial charge in [0.25, 0.3) is 0 Å². The van der Waals surface area contributed by atoms with Crippen molar-refractivity contribution in [2.24, 2.45) is 0 Å². The Morgan fingerprint density at radius 2 is 2.17 bits per heavy atom. The van der Waals surface area contributed by atoms with Gasteiger partial charge >= 0.3 is 0 Å². The number of ether oxygens (including phenoxy) is 2. The van der Waals surface area contributed by atoms with Gasteiger partial charge in [-0.05, 0) is 29.9 Å². The van der Waals surface area contributed by atoms with Crippen LogP contribution in [0.3, 0.4) is 0 Å². The van der Waals surface area contributed by atoms with Gasteiger partial charge in [-0.2, -0.15) is 10.4 Å². The summed E-state index contributed by atoms with van der Waals surface area (Å²) < 4.78 is 15.6. The van der Waals surface area contributed by atoms with Crippen LogP contribution in [0, 0.1) is 11.3 Å². The lowest BCUT2D eigenvalue weighted by molar-refractivity contribution is -0.0836. The van der Waals surface area contributed by atoms with Gasteiger partial charge in [0.15, 0.2) is 0 Å². The Morgan fingerprint density at radius 1 is 1.31 bits per heavy atom. The van der Waals surface area contributed by atoms with Crippen LogP contribution in [0.25, 0.3) is 22.3 Å². The second kappa shape index (κ2) is 10.9. The first-order chi connectivity index (χ1) is 17.5. The number of nitriles is 1. The van der Waals surface area contributed by atoms with Crippen molar-refractivity contribution in [2.75, 3.05) is 58.2 Å². The largest absolute Gasteiger partial charge is 0.378 e. The lowest BCUT2D eigenvalue weighted by Gasteiger charge is -2.54. The SMILES string of the molecule is CO[C@H]1CNCC[C@H]1N1CC(CC#N)(n2cc(-c3ncnc4c3ccn4COCC[S+](C)C)cn2)C1. The molecule has 0 amide bonds. The molecular weight excluding hydrogens is 476 g/mol. The Morgan fingerprint density at radius 3 is 2.94 bits per heavy atom. The van der Waals surface area contributed by atoms with Crippen LogP contribution in [0.5, 0.6) is 0 Å². The number of nitrogens with one attached hydrogen (secondary N) is 1. The number of rotatable bonds is 10. The first-order valence-corrected chi connectivity index (χ1v) is 14.6. The third-order valence-electron chi connectivity index (χ3n) is 7.33. The van der Waals surface area contributed by atoms with E-state index in [4.69, 9.17) is 14.6 Å². The lowest BCUT2D eigenvalue weighted by atomic mass is 9.83. The first kappa shape index (κ1) is 25.2. The monoisotopic (exact) mass is 511 g/mol. The minimum Gasteiger partial charge on any atom is -0.378 e. The van der Waals surface area contributed by atoms with Gasteiger partial charge in [-0.25, -0.2) is 9.97 Å². The van der Waals surface area contributed by atoms with Crippen molar-refractivity contribution < 1.29 is 9.47 Å². The van der Waals surface area contributed by atoms with Gasteiger partial charge in [0.2, 0.25) is 0 Å². The van der Waals surface area contributed by atoms with Gasteiger partial charge in [0.05, 0.1) is 49.6 Å². The van der Waals surface area contributed by atoms with Crippen molar-refractivity contribution >= 4 is 21.9 Å². The molecule has 1 N–H and O–H groups in total. The quantitative estimate of drug-likeness (QED) is 0.322. The first-order valence-electron chi connectivity index (χ1n) is 12.4. The molecule has 10 nitrogen and oxygen atoms in total. The molecule has 2 aliphatic rings. The van der Waals surface area contributed by atoms with Crippen LogP contribution in [0.15, 0.2) is 31.0 Å². The molecule has 3 aromatic rings. The summed E-state index contributed by atoms with van der Waals surface area (Å²) in [6, 6.07) is 4.80. The molecule has 2 saturated heterocycles. The highest BCUT2D eigenvalue weighted by Crippen LogP contribution is 2.37. The molecule has 3 aromatic heterocycles. The minimum atomic E-state index is -0.334. The second-order valence-corrected chi connectivity index (χ2v) is 12.3. The summed E-state index contributed by atoms with van der Waals surface area (Å²) >= 11 is 0. The van der Waals surface area contributed by atoms with E-state index in [-0.39, 0.29) is 11.6 Å². The molecule has 0 radical (unpaired) electrons. The number of piperidine rings is 1. The van der Waals surface area contributed by atoms with E-state index in [2.05, 4.69) is 38.8 Å². The average Bonchev–Trinajstić information content (AvgIpc) is 3.51. The smallest absolute Gasteiger partial charge is 0.145 e. The molecule has 0 aromatic carbocycles. The number of hydrogen-bond donors (Lipinski definition) is 1. The van der Waals surface area contributed by atoms with Crippen LogP contribution in [0.1, 0.15) is 12.8 Å². The predicted octanol–water partition coefficient (Wildman–Crippen LogP) is 1.45. The van der Waals surface area contributed by atoms with Gasteiger partial charge in [0, 0.05) is 56.1 Å². The minimum absolute atomic E-state index is 0.167. The maximum Gasteiger partial charge on any atom is 0.145 e. The number of methoxy groups -OCH3 is 1. The third kappa shape index (κ3) is 4.88. The summed E-state index contributed by atoms with van der Waals surface area (Å²) in [6.45, 7) is 4.63. The van der Waals surface area contributed by atoms with Crippen molar-refractivity contribution in [3.63, 3.8) is 0 Å². The third-order valence-corrected chi connectivity index (χ3v) is 8.31. The molecule has 11 heteroatoms. The zero-order chi connectivity index (χ0) is 25.1. The van der Waals surface area contributed by atoms with E-state index in [0.29, 0.717) is 30.1 Å². The lowest BCUT2D eigenvalue weighted by Crippen LogP contribution is -2.69. The molecule has 0 saturated carbocycles. The Balaban J connectivity index is 1.34. The summed E-state index contributed by atoms with van der Waals surface area (Å²) in [5.74, 6) is 1.06. The molecule has 2 aliphatic heterocycles. The van der Waals surface area contributed by atoms with Crippen molar-refractivity contribution in [1.29, 1.82) is 5.26 Å². The molecule has 0 unspecified atom stereocenters. The fourth-order valence-corrected chi connectivity index (χ4v) is 5.79. The highest BCUT2D eigenvalue weighted by atomic mass is 32.2. The summed E-state index contributed by atoms with van der Waals surface area (Å²) in [5, 5.41) is 18.7. The van der Waals surface area contributed by atoms with Crippen molar-refractivity contribution in [3.05, 3.63) is 31.0 Å². The number of aromatic nitrogens is 5. The van der Waals surface area contributed by atoms with Crippen molar-refractivity contribution in [3.8, 4) is 17.3 Å². The number of nitrogens with zero attached hydrogens (tertiary/aromatic N) is 7. The fourth-order valence-electron chi connectivity index (χ4n) is 5.33. The summed E-state index contributed by atoms with van der Waals surface area (Å²) in [7, 11) is 2.15. The van der Waals surface area contributed by atoms with Gasteiger partial charge in [-0.1, -0.05) is 0 Å². The van der Waals surface area contributed by atoms with Gasteiger partial charge in [0.1, 0.15) is 30.0 Å².